The van der Waals surface area contributed by atoms with Crippen molar-refractivity contribution in [3.05, 3.63) is 96.1 Å². The molecular formula is C24H21N3O. The van der Waals surface area contributed by atoms with Crippen LogP contribution in [-0.4, -0.2) is 18.7 Å². The van der Waals surface area contributed by atoms with Gasteiger partial charge in [-0.1, -0.05) is 48.5 Å². The molecule has 1 aliphatic rings. The van der Waals surface area contributed by atoms with Crippen LogP contribution in [0, 0.1) is 0 Å². The molecule has 3 aromatic rings. The van der Waals surface area contributed by atoms with Crippen LogP contribution in [0.15, 0.2) is 95.6 Å². The molecule has 0 radical (unpaired) electrons. The normalized spacial score (nSPS) is 15.1. The molecule has 0 aromatic heterocycles. The topological polar surface area (TPSA) is 35.9 Å². The molecule has 4 nitrogen and oxygen atoms in total. The highest BCUT2D eigenvalue weighted by molar-refractivity contribution is 6.32. The summed E-state index contributed by atoms with van der Waals surface area (Å²) in [6, 6.07) is 27.8. The van der Waals surface area contributed by atoms with Crippen LogP contribution in [0.5, 0.6) is 0 Å². The molecule has 0 saturated heterocycles. The molecule has 0 spiro atoms. The summed E-state index contributed by atoms with van der Waals surface area (Å²) in [4.78, 5) is 14.9. The van der Waals surface area contributed by atoms with E-state index in [-0.39, 0.29) is 5.91 Å². The summed E-state index contributed by atoms with van der Waals surface area (Å²) in [5.74, 6) is -0.103. The van der Waals surface area contributed by atoms with Crippen molar-refractivity contribution >= 4 is 34.8 Å². The zero-order valence-corrected chi connectivity index (χ0v) is 15.9. The molecule has 0 unspecified atom stereocenters. The Morgan fingerprint density at radius 1 is 0.821 bits per heavy atom. The van der Waals surface area contributed by atoms with Crippen LogP contribution >= 0.6 is 0 Å². The minimum absolute atomic E-state index is 0.103. The van der Waals surface area contributed by atoms with E-state index in [4.69, 9.17) is 0 Å². The lowest BCUT2D eigenvalue weighted by molar-refractivity contribution is -0.114. The molecule has 0 saturated carbocycles. The van der Waals surface area contributed by atoms with Crippen LogP contribution in [0.1, 0.15) is 12.5 Å². The van der Waals surface area contributed by atoms with Gasteiger partial charge in [0.2, 0.25) is 0 Å². The number of carbonyl (C=O) groups excluding carboxylic acids is 1. The maximum atomic E-state index is 12.8. The lowest BCUT2D eigenvalue weighted by atomic mass is 10.1. The fourth-order valence-corrected chi connectivity index (χ4v) is 3.19. The molecule has 1 aliphatic heterocycles. The highest BCUT2D eigenvalue weighted by atomic mass is 16.2. The molecule has 4 rings (SSSR count). The SMILES string of the molecule is CC1=NN(c2ccccc2)C(=O)C1=Cc1ccc(N(C)c2ccccc2)cc1. The molecule has 0 atom stereocenters. The maximum Gasteiger partial charge on any atom is 0.280 e. The molecule has 3 aromatic carbocycles. The second-order valence-electron chi connectivity index (χ2n) is 6.68. The van der Waals surface area contributed by atoms with Crippen molar-refractivity contribution in [3.63, 3.8) is 0 Å². The van der Waals surface area contributed by atoms with Gasteiger partial charge in [-0.25, -0.2) is 0 Å². The van der Waals surface area contributed by atoms with Crippen LogP contribution in [0.3, 0.4) is 0 Å². The molecule has 1 heterocycles. The van der Waals surface area contributed by atoms with Crippen LogP contribution in [0.25, 0.3) is 6.08 Å². The average Bonchev–Trinajstić information content (AvgIpc) is 3.03. The van der Waals surface area contributed by atoms with E-state index in [0.717, 1.165) is 28.3 Å². The van der Waals surface area contributed by atoms with E-state index in [1.165, 1.54) is 5.01 Å². The summed E-state index contributed by atoms with van der Waals surface area (Å²) in [6.45, 7) is 1.87. The molecule has 0 N–H and O–H groups in total. The van der Waals surface area contributed by atoms with E-state index in [1.807, 2.05) is 80.7 Å². The first-order chi connectivity index (χ1) is 13.6. The van der Waals surface area contributed by atoms with Crippen molar-refractivity contribution in [2.45, 2.75) is 6.92 Å². The van der Waals surface area contributed by atoms with Crippen LogP contribution in [-0.2, 0) is 4.79 Å². The Labute approximate surface area is 165 Å². The smallest absolute Gasteiger partial charge is 0.280 e. The minimum Gasteiger partial charge on any atom is -0.345 e. The Bertz CT molecular complexity index is 1040. The Morgan fingerprint density at radius 2 is 1.39 bits per heavy atom. The fraction of sp³-hybridized carbons (Fsp3) is 0.0833. The van der Waals surface area contributed by atoms with Gasteiger partial charge in [0.25, 0.3) is 5.91 Å². The summed E-state index contributed by atoms with van der Waals surface area (Å²) < 4.78 is 0. The number of carbonyl (C=O) groups is 1. The number of nitrogens with zero attached hydrogens (tertiary/aromatic N) is 3. The van der Waals surface area contributed by atoms with Gasteiger partial charge in [-0.2, -0.15) is 10.1 Å². The zero-order valence-electron chi connectivity index (χ0n) is 15.9. The van der Waals surface area contributed by atoms with Crippen LogP contribution < -0.4 is 9.91 Å². The van der Waals surface area contributed by atoms with Crippen molar-refractivity contribution in [1.82, 2.24) is 0 Å². The summed E-state index contributed by atoms with van der Waals surface area (Å²) in [6.07, 6.45) is 1.90. The van der Waals surface area contributed by atoms with E-state index >= 15 is 0 Å². The molecule has 138 valence electrons. The van der Waals surface area contributed by atoms with E-state index in [2.05, 4.69) is 34.3 Å². The molecule has 0 bridgehead atoms. The summed E-state index contributed by atoms with van der Waals surface area (Å²) >= 11 is 0. The number of benzene rings is 3. The molecule has 0 aliphatic carbocycles. The first-order valence-corrected chi connectivity index (χ1v) is 9.19. The Balaban J connectivity index is 1.56. The van der Waals surface area contributed by atoms with E-state index < -0.39 is 0 Å². The minimum atomic E-state index is -0.103. The monoisotopic (exact) mass is 367 g/mol. The van der Waals surface area contributed by atoms with Crippen molar-refractivity contribution in [3.8, 4) is 0 Å². The molecule has 28 heavy (non-hydrogen) atoms. The Morgan fingerprint density at radius 3 is 2.04 bits per heavy atom. The Hall–Kier alpha value is -3.66. The quantitative estimate of drug-likeness (QED) is 0.590. The van der Waals surface area contributed by atoms with Crippen molar-refractivity contribution in [2.24, 2.45) is 5.10 Å². The zero-order chi connectivity index (χ0) is 19.5. The van der Waals surface area contributed by atoms with Gasteiger partial charge in [-0.3, -0.25) is 4.79 Å². The predicted octanol–water partition coefficient (Wildman–Crippen LogP) is 5.26. The van der Waals surface area contributed by atoms with Crippen LogP contribution in [0.2, 0.25) is 0 Å². The molecule has 0 fully saturated rings. The highest BCUT2D eigenvalue weighted by Gasteiger charge is 2.28. The van der Waals surface area contributed by atoms with E-state index in [9.17, 15) is 4.79 Å². The fourth-order valence-electron chi connectivity index (χ4n) is 3.19. The van der Waals surface area contributed by atoms with Gasteiger partial charge < -0.3 is 4.90 Å². The van der Waals surface area contributed by atoms with Gasteiger partial charge in [0.15, 0.2) is 0 Å². The summed E-state index contributed by atoms with van der Waals surface area (Å²) in [5, 5.41) is 5.88. The molecular weight excluding hydrogens is 346 g/mol. The first kappa shape index (κ1) is 17.7. The van der Waals surface area contributed by atoms with Crippen molar-refractivity contribution < 1.29 is 4.79 Å². The van der Waals surface area contributed by atoms with E-state index in [0.29, 0.717) is 5.57 Å². The number of rotatable bonds is 4. The highest BCUT2D eigenvalue weighted by Crippen LogP contribution is 2.26. The number of hydrogen-bond acceptors (Lipinski definition) is 3. The van der Waals surface area contributed by atoms with Gasteiger partial charge >= 0.3 is 0 Å². The standard InChI is InChI=1S/C24H21N3O/c1-18-23(24(28)27(25-18)22-11-7-4-8-12-22)17-19-13-15-21(16-14-19)26(2)20-9-5-3-6-10-20/h3-17H,1-2H3. The van der Waals surface area contributed by atoms with E-state index in [1.54, 1.807) is 0 Å². The van der Waals surface area contributed by atoms with Crippen molar-refractivity contribution in [1.29, 1.82) is 0 Å². The van der Waals surface area contributed by atoms with Gasteiger partial charge in [0.1, 0.15) is 0 Å². The summed E-state index contributed by atoms with van der Waals surface area (Å²) in [5.41, 5.74) is 5.30. The number of amides is 1. The molecule has 1 amide bonds. The first-order valence-electron chi connectivity index (χ1n) is 9.19. The average molecular weight is 367 g/mol. The largest absolute Gasteiger partial charge is 0.345 e. The number of anilines is 3. The number of hydrazone groups is 1. The lowest BCUT2D eigenvalue weighted by Crippen LogP contribution is -2.21. The second-order valence-corrected chi connectivity index (χ2v) is 6.68. The maximum absolute atomic E-state index is 12.8. The number of para-hydroxylation sites is 2. The molecule has 4 heteroatoms. The lowest BCUT2D eigenvalue weighted by Gasteiger charge is -2.19. The van der Waals surface area contributed by atoms with Crippen molar-refractivity contribution in [2.75, 3.05) is 17.0 Å². The van der Waals surface area contributed by atoms with Gasteiger partial charge in [-0.05, 0) is 55.0 Å². The predicted molar refractivity (Wildman–Crippen MR) is 116 cm³/mol. The number of hydrogen-bond donors (Lipinski definition) is 0. The third kappa shape index (κ3) is 3.45. The van der Waals surface area contributed by atoms with Crippen LogP contribution in [0.4, 0.5) is 17.1 Å². The van der Waals surface area contributed by atoms with Gasteiger partial charge in [0.05, 0.1) is 17.0 Å². The third-order valence-electron chi connectivity index (χ3n) is 4.80. The van der Waals surface area contributed by atoms with Gasteiger partial charge in [0, 0.05) is 18.4 Å². The Kier molecular flexibility index (Phi) is 4.77. The summed E-state index contributed by atoms with van der Waals surface area (Å²) in [7, 11) is 2.04. The third-order valence-corrected chi connectivity index (χ3v) is 4.80. The second kappa shape index (κ2) is 7.53. The van der Waals surface area contributed by atoms with Gasteiger partial charge in [-0.15, -0.1) is 0 Å².